The fourth-order valence-electron chi connectivity index (χ4n) is 3.04. The lowest BCUT2D eigenvalue weighted by Crippen LogP contribution is -2.16. The molecule has 0 spiro atoms. The van der Waals surface area contributed by atoms with Crippen LogP contribution in [0.25, 0.3) is 0 Å². The minimum Gasteiger partial charge on any atom is -0.493 e. The fraction of sp³-hybridized carbons (Fsp3) is 0.250. The van der Waals surface area contributed by atoms with Crippen LogP contribution in [0.5, 0.6) is 11.5 Å². The molecule has 0 fully saturated rings. The van der Waals surface area contributed by atoms with E-state index in [0.717, 1.165) is 27.8 Å². The number of anilines is 1. The molecule has 0 aliphatic heterocycles. The van der Waals surface area contributed by atoms with Gasteiger partial charge in [0.1, 0.15) is 0 Å². The number of carbonyl (C=O) groups excluding carboxylic acids is 1. The molecule has 3 rings (SSSR count). The molecule has 130 valence electrons. The largest absolute Gasteiger partial charge is 0.493 e. The maximum atomic E-state index is 12.2. The summed E-state index contributed by atoms with van der Waals surface area (Å²) in [5, 5.41) is 3.35. The molecule has 1 aliphatic carbocycles. The lowest BCUT2D eigenvalue weighted by atomic mass is 9.85. The lowest BCUT2D eigenvalue weighted by Gasteiger charge is -2.24. The second-order valence-corrected chi connectivity index (χ2v) is 6.90. The molecule has 0 bridgehead atoms. The van der Waals surface area contributed by atoms with E-state index in [1.54, 1.807) is 20.3 Å². The summed E-state index contributed by atoms with van der Waals surface area (Å²) in [6.07, 6.45) is 2.98. The summed E-state index contributed by atoms with van der Waals surface area (Å²) in [5.41, 5.74) is 2.97. The van der Waals surface area contributed by atoms with E-state index in [-0.39, 0.29) is 11.7 Å². The van der Waals surface area contributed by atoms with Crippen LogP contribution in [0.15, 0.2) is 58.7 Å². The summed E-state index contributed by atoms with van der Waals surface area (Å²) < 4.78 is 11.7. The molecule has 0 amide bonds. The van der Waals surface area contributed by atoms with Gasteiger partial charge in [0.2, 0.25) is 0 Å². The summed E-state index contributed by atoms with van der Waals surface area (Å²) in [7, 11) is 3.23. The summed E-state index contributed by atoms with van der Waals surface area (Å²) in [6, 6.07) is 13.8. The number of rotatable bonds is 5. The zero-order chi connectivity index (χ0) is 17.8. The first kappa shape index (κ1) is 17.5. The maximum Gasteiger partial charge on any atom is 0.160 e. The monoisotopic (exact) mass is 401 g/mol. The van der Waals surface area contributed by atoms with Crippen molar-refractivity contribution in [3.63, 3.8) is 0 Å². The van der Waals surface area contributed by atoms with Crippen molar-refractivity contribution >= 4 is 27.4 Å². The third-order valence-electron chi connectivity index (χ3n) is 4.28. The number of ketones is 1. The molecule has 2 aromatic rings. The number of ether oxygens (including phenoxy) is 2. The Morgan fingerprint density at radius 2 is 1.72 bits per heavy atom. The Morgan fingerprint density at radius 1 is 1.00 bits per heavy atom. The Labute approximate surface area is 156 Å². The lowest BCUT2D eigenvalue weighted by molar-refractivity contribution is -0.115. The third kappa shape index (κ3) is 4.23. The SMILES string of the molecule is COc1ccc([C@@H]2CC(=O)C=C(Nc3ccc(Br)cc3)C2)cc1OC. The molecule has 1 aliphatic rings. The molecule has 5 heteroatoms. The van der Waals surface area contributed by atoms with Crippen LogP contribution in [0, 0.1) is 0 Å². The van der Waals surface area contributed by atoms with Crippen LogP contribution in [0.2, 0.25) is 0 Å². The first-order valence-corrected chi connectivity index (χ1v) is 8.86. The van der Waals surface area contributed by atoms with Crippen LogP contribution < -0.4 is 14.8 Å². The van der Waals surface area contributed by atoms with Gasteiger partial charge in [-0.3, -0.25) is 4.79 Å². The molecule has 0 heterocycles. The highest BCUT2D eigenvalue weighted by Gasteiger charge is 2.23. The van der Waals surface area contributed by atoms with Crippen LogP contribution in [-0.2, 0) is 4.79 Å². The normalized spacial score (nSPS) is 17.0. The number of carbonyl (C=O) groups is 1. The molecular formula is C20H20BrNO3. The quantitative estimate of drug-likeness (QED) is 0.772. The van der Waals surface area contributed by atoms with E-state index in [2.05, 4.69) is 21.2 Å². The second-order valence-electron chi connectivity index (χ2n) is 5.99. The van der Waals surface area contributed by atoms with Gasteiger partial charge in [-0.1, -0.05) is 22.0 Å². The van der Waals surface area contributed by atoms with E-state index in [1.165, 1.54) is 0 Å². The number of benzene rings is 2. The number of nitrogens with one attached hydrogen (secondary N) is 1. The van der Waals surface area contributed by atoms with Crippen LogP contribution in [0.4, 0.5) is 5.69 Å². The minimum absolute atomic E-state index is 0.121. The van der Waals surface area contributed by atoms with Gasteiger partial charge in [-0.2, -0.15) is 0 Å². The van der Waals surface area contributed by atoms with Crippen molar-refractivity contribution in [1.82, 2.24) is 0 Å². The molecular weight excluding hydrogens is 382 g/mol. The van der Waals surface area contributed by atoms with Gasteiger partial charge in [0.05, 0.1) is 14.2 Å². The number of hydrogen-bond donors (Lipinski definition) is 1. The Bertz CT molecular complexity index is 799. The van der Waals surface area contributed by atoms with Crippen LogP contribution >= 0.6 is 15.9 Å². The summed E-state index contributed by atoms with van der Waals surface area (Å²) in [6.45, 7) is 0. The number of methoxy groups -OCH3 is 2. The predicted octanol–water partition coefficient (Wildman–Crippen LogP) is 4.91. The van der Waals surface area contributed by atoms with Gasteiger partial charge in [0.25, 0.3) is 0 Å². The highest BCUT2D eigenvalue weighted by atomic mass is 79.9. The Morgan fingerprint density at radius 3 is 2.40 bits per heavy atom. The molecule has 25 heavy (non-hydrogen) atoms. The molecule has 0 unspecified atom stereocenters. The van der Waals surface area contributed by atoms with Gasteiger partial charge in [0, 0.05) is 28.4 Å². The van der Waals surface area contributed by atoms with Crippen molar-refractivity contribution < 1.29 is 14.3 Å². The summed E-state index contributed by atoms with van der Waals surface area (Å²) in [4.78, 5) is 12.2. The van der Waals surface area contributed by atoms with Crippen molar-refractivity contribution in [2.24, 2.45) is 0 Å². The van der Waals surface area contributed by atoms with Gasteiger partial charge >= 0.3 is 0 Å². The zero-order valence-corrected chi connectivity index (χ0v) is 15.8. The van der Waals surface area contributed by atoms with Crippen molar-refractivity contribution in [2.45, 2.75) is 18.8 Å². The van der Waals surface area contributed by atoms with E-state index in [1.807, 2.05) is 42.5 Å². The van der Waals surface area contributed by atoms with E-state index >= 15 is 0 Å². The van der Waals surface area contributed by atoms with Crippen LogP contribution in [-0.4, -0.2) is 20.0 Å². The van der Waals surface area contributed by atoms with Crippen molar-refractivity contribution in [3.8, 4) is 11.5 Å². The Kier molecular flexibility index (Phi) is 5.43. The average molecular weight is 402 g/mol. The molecule has 1 atom stereocenters. The number of allylic oxidation sites excluding steroid dienone is 2. The van der Waals surface area contributed by atoms with Gasteiger partial charge in [-0.25, -0.2) is 0 Å². The highest BCUT2D eigenvalue weighted by molar-refractivity contribution is 9.10. The molecule has 2 aromatic carbocycles. The minimum atomic E-state index is 0.121. The third-order valence-corrected chi connectivity index (χ3v) is 4.81. The predicted molar refractivity (Wildman–Crippen MR) is 102 cm³/mol. The van der Waals surface area contributed by atoms with Crippen molar-refractivity contribution in [2.75, 3.05) is 19.5 Å². The Hall–Kier alpha value is -2.27. The van der Waals surface area contributed by atoms with Gasteiger partial charge in [0.15, 0.2) is 17.3 Å². The van der Waals surface area contributed by atoms with E-state index in [9.17, 15) is 4.79 Å². The highest BCUT2D eigenvalue weighted by Crippen LogP contribution is 2.36. The van der Waals surface area contributed by atoms with Gasteiger partial charge in [-0.05, 0) is 54.3 Å². The van der Waals surface area contributed by atoms with Gasteiger partial charge < -0.3 is 14.8 Å². The molecule has 0 aromatic heterocycles. The Balaban J connectivity index is 1.79. The molecule has 0 saturated carbocycles. The maximum absolute atomic E-state index is 12.2. The van der Waals surface area contributed by atoms with Crippen LogP contribution in [0.1, 0.15) is 24.3 Å². The summed E-state index contributed by atoms with van der Waals surface area (Å²) in [5.74, 6) is 1.63. The average Bonchev–Trinajstić information content (AvgIpc) is 2.62. The van der Waals surface area contributed by atoms with E-state index in [4.69, 9.17) is 9.47 Å². The zero-order valence-electron chi connectivity index (χ0n) is 14.2. The molecule has 0 radical (unpaired) electrons. The second kappa shape index (κ2) is 7.74. The summed E-state index contributed by atoms with van der Waals surface area (Å²) >= 11 is 3.43. The standard InChI is InChI=1S/C20H20BrNO3/c1-24-19-8-3-13(11-20(19)25-2)14-9-17(12-18(23)10-14)22-16-6-4-15(21)5-7-16/h3-8,11-12,14,22H,9-10H2,1-2H3/t14-/m0/s1. The van der Waals surface area contributed by atoms with Crippen molar-refractivity contribution in [3.05, 3.63) is 64.3 Å². The van der Waals surface area contributed by atoms with Crippen LogP contribution in [0.3, 0.4) is 0 Å². The number of halogens is 1. The topological polar surface area (TPSA) is 47.6 Å². The van der Waals surface area contributed by atoms with Crippen molar-refractivity contribution in [1.29, 1.82) is 0 Å². The first-order valence-electron chi connectivity index (χ1n) is 8.07. The van der Waals surface area contributed by atoms with E-state index < -0.39 is 0 Å². The van der Waals surface area contributed by atoms with E-state index in [0.29, 0.717) is 17.9 Å². The molecule has 0 saturated heterocycles. The fourth-order valence-corrected chi connectivity index (χ4v) is 3.31. The molecule has 4 nitrogen and oxygen atoms in total. The van der Waals surface area contributed by atoms with Gasteiger partial charge in [-0.15, -0.1) is 0 Å². The molecule has 1 N–H and O–H groups in total. The smallest absolute Gasteiger partial charge is 0.160 e. The first-order chi connectivity index (χ1) is 12.1. The number of hydrogen-bond acceptors (Lipinski definition) is 4.